The quantitative estimate of drug-likeness (QED) is 0.844. The Morgan fingerprint density at radius 1 is 1.33 bits per heavy atom. The van der Waals surface area contributed by atoms with Gasteiger partial charge < -0.3 is 9.73 Å². The molecular weight excluding hydrogens is 250 g/mol. The maximum absolute atomic E-state index is 6.07. The van der Waals surface area contributed by atoms with E-state index in [0.717, 1.165) is 24.1 Å². The Morgan fingerprint density at radius 3 is 2.94 bits per heavy atom. The summed E-state index contributed by atoms with van der Waals surface area (Å²) in [4.78, 5) is 0. The highest BCUT2D eigenvalue weighted by Gasteiger charge is 2.11. The number of benzene rings is 1. The molecule has 0 spiro atoms. The van der Waals surface area contributed by atoms with Gasteiger partial charge in [0.05, 0.1) is 6.54 Å². The van der Waals surface area contributed by atoms with Crippen molar-refractivity contribution in [1.82, 2.24) is 15.5 Å². The van der Waals surface area contributed by atoms with Crippen molar-refractivity contribution in [2.75, 3.05) is 6.54 Å². The van der Waals surface area contributed by atoms with Crippen LogP contribution >= 0.6 is 11.6 Å². The van der Waals surface area contributed by atoms with Crippen LogP contribution in [0.3, 0.4) is 0 Å². The first-order valence-corrected chi connectivity index (χ1v) is 6.38. The van der Waals surface area contributed by atoms with Gasteiger partial charge in [-0.3, -0.25) is 0 Å². The van der Waals surface area contributed by atoms with E-state index in [9.17, 15) is 0 Å². The molecule has 18 heavy (non-hydrogen) atoms. The molecule has 2 rings (SSSR count). The third kappa shape index (κ3) is 2.89. The van der Waals surface area contributed by atoms with E-state index in [-0.39, 0.29) is 0 Å². The zero-order valence-corrected chi connectivity index (χ0v) is 11.3. The van der Waals surface area contributed by atoms with Crippen molar-refractivity contribution >= 4 is 11.6 Å². The van der Waals surface area contributed by atoms with Gasteiger partial charge in [0.25, 0.3) is 0 Å². The van der Waals surface area contributed by atoms with Gasteiger partial charge in [-0.1, -0.05) is 24.6 Å². The summed E-state index contributed by atoms with van der Waals surface area (Å²) in [6.45, 7) is 5.59. The van der Waals surface area contributed by atoms with Crippen molar-refractivity contribution in [1.29, 1.82) is 0 Å². The smallest absolute Gasteiger partial charge is 0.248 e. The van der Waals surface area contributed by atoms with Gasteiger partial charge in [-0.15, -0.1) is 10.2 Å². The Balaban J connectivity index is 2.16. The summed E-state index contributed by atoms with van der Waals surface area (Å²) in [6, 6.07) is 5.66. The molecule has 96 valence electrons. The zero-order chi connectivity index (χ0) is 13.0. The molecule has 0 unspecified atom stereocenters. The average Bonchev–Trinajstić information content (AvgIpc) is 2.82. The van der Waals surface area contributed by atoms with Crippen LogP contribution in [-0.2, 0) is 6.54 Å². The number of nitrogens with zero attached hydrogens (tertiary/aromatic N) is 2. The summed E-state index contributed by atoms with van der Waals surface area (Å²) in [5.74, 6) is 1.11. The number of rotatable bonds is 5. The van der Waals surface area contributed by atoms with Gasteiger partial charge in [-0.25, -0.2) is 0 Å². The molecule has 0 aliphatic rings. The molecule has 2 aromatic rings. The number of hydrogen-bond donors (Lipinski definition) is 1. The number of nitrogens with one attached hydrogen (secondary N) is 1. The maximum Gasteiger partial charge on any atom is 0.248 e. The molecule has 0 saturated heterocycles. The third-order valence-corrected chi connectivity index (χ3v) is 3.08. The molecule has 1 aromatic heterocycles. The van der Waals surface area contributed by atoms with Crippen molar-refractivity contribution < 1.29 is 4.42 Å². The lowest BCUT2D eigenvalue weighted by atomic mass is 10.1. The lowest BCUT2D eigenvalue weighted by molar-refractivity contribution is 0.477. The molecule has 0 aliphatic heterocycles. The second kappa shape index (κ2) is 5.98. The molecule has 5 heteroatoms. The summed E-state index contributed by atoms with van der Waals surface area (Å²) in [5.41, 5.74) is 1.84. The highest BCUT2D eigenvalue weighted by molar-refractivity contribution is 6.31. The van der Waals surface area contributed by atoms with E-state index in [1.165, 1.54) is 0 Å². The first-order valence-electron chi connectivity index (χ1n) is 6.01. The van der Waals surface area contributed by atoms with Crippen molar-refractivity contribution in [2.24, 2.45) is 0 Å². The highest BCUT2D eigenvalue weighted by Crippen LogP contribution is 2.27. The van der Waals surface area contributed by atoms with Gasteiger partial charge >= 0.3 is 0 Å². The summed E-state index contributed by atoms with van der Waals surface area (Å²) < 4.78 is 5.61. The first-order chi connectivity index (χ1) is 8.72. The van der Waals surface area contributed by atoms with Crippen LogP contribution in [0.2, 0.25) is 5.02 Å². The van der Waals surface area contributed by atoms with E-state index < -0.39 is 0 Å². The molecular formula is C13H16ClN3O. The van der Waals surface area contributed by atoms with Gasteiger partial charge in [0.2, 0.25) is 11.8 Å². The van der Waals surface area contributed by atoms with Gasteiger partial charge in [0.15, 0.2) is 0 Å². The molecule has 0 amide bonds. The lowest BCUT2D eigenvalue weighted by Crippen LogP contribution is -2.13. The number of aromatic nitrogens is 2. The van der Waals surface area contributed by atoms with E-state index in [1.54, 1.807) is 0 Å². The lowest BCUT2D eigenvalue weighted by Gasteiger charge is -2.02. The fourth-order valence-electron chi connectivity index (χ4n) is 1.65. The van der Waals surface area contributed by atoms with Crippen molar-refractivity contribution in [3.05, 3.63) is 34.7 Å². The van der Waals surface area contributed by atoms with E-state index in [2.05, 4.69) is 22.4 Å². The Kier molecular flexibility index (Phi) is 4.33. The SMILES string of the molecule is CCCNCc1nnc(-c2cccc(Cl)c2C)o1. The molecule has 0 bridgehead atoms. The number of hydrogen-bond acceptors (Lipinski definition) is 4. The minimum Gasteiger partial charge on any atom is -0.419 e. The van der Waals surface area contributed by atoms with Crippen LogP contribution in [0.1, 0.15) is 24.8 Å². The standard InChI is InChI=1S/C13H16ClN3O/c1-3-7-15-8-12-16-17-13(18-12)10-5-4-6-11(14)9(10)2/h4-6,15H,3,7-8H2,1-2H3. The van der Waals surface area contributed by atoms with Crippen LogP contribution in [0.4, 0.5) is 0 Å². The van der Waals surface area contributed by atoms with Crippen molar-refractivity contribution in [2.45, 2.75) is 26.8 Å². The molecule has 0 atom stereocenters. The summed E-state index contributed by atoms with van der Waals surface area (Å²) >= 11 is 6.07. The minimum atomic E-state index is 0.517. The molecule has 1 N–H and O–H groups in total. The topological polar surface area (TPSA) is 51.0 Å². The van der Waals surface area contributed by atoms with E-state index in [4.69, 9.17) is 16.0 Å². The van der Waals surface area contributed by atoms with Crippen LogP contribution in [0.15, 0.2) is 22.6 Å². The predicted molar refractivity (Wildman–Crippen MR) is 71.5 cm³/mol. The van der Waals surface area contributed by atoms with Gasteiger partial charge in [0, 0.05) is 10.6 Å². The Hall–Kier alpha value is -1.39. The fourth-order valence-corrected chi connectivity index (χ4v) is 1.82. The van der Waals surface area contributed by atoms with Gasteiger partial charge in [0.1, 0.15) is 0 Å². The molecule has 0 saturated carbocycles. The predicted octanol–water partition coefficient (Wildman–Crippen LogP) is 3.20. The Bertz CT molecular complexity index is 525. The van der Waals surface area contributed by atoms with Gasteiger partial charge in [-0.05, 0) is 37.6 Å². The van der Waals surface area contributed by atoms with Crippen LogP contribution in [-0.4, -0.2) is 16.7 Å². The maximum atomic E-state index is 6.07. The fraction of sp³-hybridized carbons (Fsp3) is 0.385. The highest BCUT2D eigenvalue weighted by atomic mass is 35.5. The van der Waals surface area contributed by atoms with E-state index in [0.29, 0.717) is 23.3 Å². The van der Waals surface area contributed by atoms with Crippen LogP contribution in [0, 0.1) is 6.92 Å². The van der Waals surface area contributed by atoms with E-state index >= 15 is 0 Å². The van der Waals surface area contributed by atoms with Crippen LogP contribution < -0.4 is 5.32 Å². The van der Waals surface area contributed by atoms with Crippen LogP contribution in [0.5, 0.6) is 0 Å². The molecule has 4 nitrogen and oxygen atoms in total. The monoisotopic (exact) mass is 265 g/mol. The minimum absolute atomic E-state index is 0.517. The Labute approximate surface area is 111 Å². The Morgan fingerprint density at radius 2 is 2.17 bits per heavy atom. The third-order valence-electron chi connectivity index (χ3n) is 2.67. The summed E-state index contributed by atoms with van der Waals surface area (Å²) in [5, 5.41) is 12.0. The molecule has 1 aromatic carbocycles. The first kappa shape index (κ1) is 13.1. The van der Waals surface area contributed by atoms with E-state index in [1.807, 2.05) is 25.1 Å². The van der Waals surface area contributed by atoms with Crippen molar-refractivity contribution in [3.63, 3.8) is 0 Å². The zero-order valence-electron chi connectivity index (χ0n) is 10.5. The normalized spacial score (nSPS) is 10.8. The second-order valence-electron chi connectivity index (χ2n) is 4.09. The molecule has 0 fully saturated rings. The molecule has 0 radical (unpaired) electrons. The largest absolute Gasteiger partial charge is 0.419 e. The van der Waals surface area contributed by atoms with Gasteiger partial charge in [-0.2, -0.15) is 0 Å². The van der Waals surface area contributed by atoms with Crippen LogP contribution in [0.25, 0.3) is 11.5 Å². The second-order valence-corrected chi connectivity index (χ2v) is 4.50. The summed E-state index contributed by atoms with van der Waals surface area (Å²) in [6.07, 6.45) is 1.08. The molecule has 0 aliphatic carbocycles. The van der Waals surface area contributed by atoms with Crippen molar-refractivity contribution in [3.8, 4) is 11.5 Å². The average molecular weight is 266 g/mol. The summed E-state index contributed by atoms with van der Waals surface area (Å²) in [7, 11) is 0. The number of halogens is 1. The molecule has 1 heterocycles.